The molecule has 0 N–H and O–H groups in total. The molecule has 1 amide bonds. The van der Waals surface area contributed by atoms with E-state index in [2.05, 4.69) is 9.97 Å². The molecule has 3 aromatic carbocycles. The molecular weight excluding hydrogens is 378 g/mol. The van der Waals surface area contributed by atoms with E-state index in [0.717, 1.165) is 0 Å². The SMILES string of the molecule is CC(OC(=O)c1cnc2ccccc2n1)C(=O)N(c1ccccc1)c1ccccc1. The van der Waals surface area contributed by atoms with Crippen LogP contribution in [0.15, 0.2) is 91.1 Å². The molecule has 1 heterocycles. The lowest BCUT2D eigenvalue weighted by Crippen LogP contribution is -2.37. The van der Waals surface area contributed by atoms with E-state index in [1.165, 1.54) is 11.1 Å². The first-order valence-electron chi connectivity index (χ1n) is 9.50. The maximum atomic E-state index is 13.2. The quantitative estimate of drug-likeness (QED) is 0.462. The minimum Gasteiger partial charge on any atom is -0.448 e. The van der Waals surface area contributed by atoms with Crippen LogP contribution in [0.2, 0.25) is 0 Å². The van der Waals surface area contributed by atoms with E-state index in [4.69, 9.17) is 4.74 Å². The average molecular weight is 397 g/mol. The molecule has 1 unspecified atom stereocenters. The van der Waals surface area contributed by atoms with E-state index >= 15 is 0 Å². The van der Waals surface area contributed by atoms with Crippen molar-refractivity contribution in [3.8, 4) is 0 Å². The highest BCUT2D eigenvalue weighted by Crippen LogP contribution is 2.26. The van der Waals surface area contributed by atoms with Crippen molar-refractivity contribution in [3.05, 3.63) is 96.8 Å². The molecule has 0 aliphatic carbocycles. The summed E-state index contributed by atoms with van der Waals surface area (Å²) in [6.07, 6.45) is 0.333. The van der Waals surface area contributed by atoms with Crippen LogP contribution in [0.4, 0.5) is 11.4 Å². The lowest BCUT2D eigenvalue weighted by molar-refractivity contribution is -0.125. The van der Waals surface area contributed by atoms with Crippen molar-refractivity contribution in [1.29, 1.82) is 0 Å². The van der Waals surface area contributed by atoms with Crippen LogP contribution in [-0.2, 0) is 9.53 Å². The molecule has 148 valence electrons. The van der Waals surface area contributed by atoms with Gasteiger partial charge in [0.25, 0.3) is 5.91 Å². The average Bonchev–Trinajstić information content (AvgIpc) is 2.80. The Morgan fingerprint density at radius 2 is 1.33 bits per heavy atom. The molecule has 6 nitrogen and oxygen atoms in total. The van der Waals surface area contributed by atoms with Crippen LogP contribution in [0.25, 0.3) is 11.0 Å². The van der Waals surface area contributed by atoms with Crippen LogP contribution < -0.4 is 4.90 Å². The Balaban J connectivity index is 1.58. The summed E-state index contributed by atoms with van der Waals surface area (Å²) >= 11 is 0. The normalized spacial score (nSPS) is 11.6. The zero-order valence-corrected chi connectivity index (χ0v) is 16.3. The van der Waals surface area contributed by atoms with Gasteiger partial charge in [0.1, 0.15) is 0 Å². The number of rotatable bonds is 5. The van der Waals surface area contributed by atoms with Crippen LogP contribution >= 0.6 is 0 Å². The Morgan fingerprint density at radius 3 is 1.93 bits per heavy atom. The number of anilines is 2. The van der Waals surface area contributed by atoms with Crippen LogP contribution in [0, 0.1) is 0 Å². The summed E-state index contributed by atoms with van der Waals surface area (Å²) in [6.45, 7) is 1.55. The highest BCUT2D eigenvalue weighted by atomic mass is 16.5. The van der Waals surface area contributed by atoms with Gasteiger partial charge in [0.15, 0.2) is 11.8 Å². The van der Waals surface area contributed by atoms with Gasteiger partial charge in [0, 0.05) is 11.4 Å². The van der Waals surface area contributed by atoms with Crippen molar-refractivity contribution in [2.45, 2.75) is 13.0 Å². The van der Waals surface area contributed by atoms with Gasteiger partial charge < -0.3 is 4.74 Å². The molecule has 4 aromatic rings. The van der Waals surface area contributed by atoms with Gasteiger partial charge in [-0.2, -0.15) is 0 Å². The molecule has 0 spiro atoms. The molecule has 0 bridgehead atoms. The smallest absolute Gasteiger partial charge is 0.359 e. The maximum absolute atomic E-state index is 13.2. The molecular formula is C24H19N3O3. The summed E-state index contributed by atoms with van der Waals surface area (Å²) < 4.78 is 5.44. The Bertz CT molecular complexity index is 1140. The van der Waals surface area contributed by atoms with Crippen LogP contribution in [0.5, 0.6) is 0 Å². The number of aromatic nitrogens is 2. The van der Waals surface area contributed by atoms with Crippen LogP contribution in [0.3, 0.4) is 0 Å². The van der Waals surface area contributed by atoms with Crippen molar-refractivity contribution in [2.75, 3.05) is 4.90 Å². The molecule has 0 fully saturated rings. The highest BCUT2D eigenvalue weighted by molar-refractivity contribution is 6.04. The lowest BCUT2D eigenvalue weighted by atomic mass is 10.2. The summed E-state index contributed by atoms with van der Waals surface area (Å²) in [4.78, 5) is 35.9. The third kappa shape index (κ3) is 4.03. The lowest BCUT2D eigenvalue weighted by Gasteiger charge is -2.26. The Labute approximate surface area is 173 Å². The van der Waals surface area contributed by atoms with Gasteiger partial charge >= 0.3 is 5.97 Å². The first-order valence-corrected chi connectivity index (χ1v) is 9.50. The second-order valence-electron chi connectivity index (χ2n) is 6.64. The van der Waals surface area contributed by atoms with Crippen molar-refractivity contribution >= 4 is 34.3 Å². The van der Waals surface area contributed by atoms with E-state index in [1.807, 2.05) is 72.8 Å². The summed E-state index contributed by atoms with van der Waals surface area (Å²) in [5, 5.41) is 0. The molecule has 0 aliphatic heterocycles. The fourth-order valence-electron chi connectivity index (χ4n) is 3.07. The third-order valence-corrected chi connectivity index (χ3v) is 4.54. The number of hydrogen-bond donors (Lipinski definition) is 0. The maximum Gasteiger partial charge on any atom is 0.359 e. The van der Waals surface area contributed by atoms with Gasteiger partial charge in [-0.15, -0.1) is 0 Å². The highest BCUT2D eigenvalue weighted by Gasteiger charge is 2.27. The number of ether oxygens (including phenoxy) is 1. The van der Waals surface area contributed by atoms with E-state index in [-0.39, 0.29) is 11.6 Å². The summed E-state index contributed by atoms with van der Waals surface area (Å²) in [7, 11) is 0. The molecule has 1 atom stereocenters. The second-order valence-corrected chi connectivity index (χ2v) is 6.64. The van der Waals surface area contributed by atoms with Crippen molar-refractivity contribution in [3.63, 3.8) is 0 Å². The number of carbonyl (C=O) groups is 2. The molecule has 30 heavy (non-hydrogen) atoms. The number of para-hydroxylation sites is 4. The van der Waals surface area contributed by atoms with Gasteiger partial charge in [-0.05, 0) is 43.3 Å². The van der Waals surface area contributed by atoms with Gasteiger partial charge in [0.05, 0.1) is 17.2 Å². The number of nitrogens with zero attached hydrogens (tertiary/aromatic N) is 3. The predicted molar refractivity (Wildman–Crippen MR) is 114 cm³/mol. The largest absolute Gasteiger partial charge is 0.448 e. The molecule has 6 heteroatoms. The van der Waals surface area contributed by atoms with E-state index in [1.54, 1.807) is 19.1 Å². The van der Waals surface area contributed by atoms with Crippen molar-refractivity contribution < 1.29 is 14.3 Å². The molecule has 4 rings (SSSR count). The minimum absolute atomic E-state index is 0.0549. The standard InChI is InChI=1S/C24H19N3O3/c1-17(30-24(29)22-16-25-20-14-8-9-15-21(20)26-22)23(28)27(18-10-4-2-5-11-18)19-12-6-3-7-13-19/h2-17H,1H3. The number of carbonyl (C=O) groups excluding carboxylic acids is 2. The molecule has 0 saturated heterocycles. The molecule has 0 saturated carbocycles. The third-order valence-electron chi connectivity index (χ3n) is 4.54. The number of benzene rings is 3. The topological polar surface area (TPSA) is 72.4 Å². The second kappa shape index (κ2) is 8.53. The van der Waals surface area contributed by atoms with E-state index in [9.17, 15) is 9.59 Å². The Hall–Kier alpha value is -4.06. The summed E-state index contributed by atoms with van der Waals surface area (Å²) in [5.41, 5.74) is 2.68. The molecule has 0 aliphatic rings. The monoisotopic (exact) mass is 397 g/mol. The molecule has 1 aromatic heterocycles. The zero-order valence-electron chi connectivity index (χ0n) is 16.3. The van der Waals surface area contributed by atoms with E-state index < -0.39 is 12.1 Å². The predicted octanol–water partition coefficient (Wildman–Crippen LogP) is 4.54. The van der Waals surface area contributed by atoms with Gasteiger partial charge in [-0.1, -0.05) is 48.5 Å². The van der Waals surface area contributed by atoms with Crippen molar-refractivity contribution in [2.24, 2.45) is 0 Å². The number of amides is 1. The first-order chi connectivity index (χ1) is 14.6. The summed E-state index contributed by atoms with van der Waals surface area (Å²) in [6, 6.07) is 25.7. The first kappa shape index (κ1) is 19.3. The van der Waals surface area contributed by atoms with Crippen LogP contribution in [0.1, 0.15) is 17.4 Å². The number of fused-ring (bicyclic) bond motifs is 1. The number of hydrogen-bond acceptors (Lipinski definition) is 5. The van der Waals surface area contributed by atoms with Gasteiger partial charge in [0.2, 0.25) is 0 Å². The summed E-state index contributed by atoms with van der Waals surface area (Å²) in [5.74, 6) is -1.07. The fourth-order valence-corrected chi connectivity index (χ4v) is 3.07. The fraction of sp³-hybridized carbons (Fsp3) is 0.0833. The van der Waals surface area contributed by atoms with E-state index in [0.29, 0.717) is 22.4 Å². The molecule has 0 radical (unpaired) electrons. The van der Waals surface area contributed by atoms with Gasteiger partial charge in [-0.25, -0.2) is 9.78 Å². The Kier molecular flexibility index (Phi) is 5.48. The minimum atomic E-state index is -1.02. The van der Waals surface area contributed by atoms with Crippen molar-refractivity contribution in [1.82, 2.24) is 9.97 Å². The Morgan fingerprint density at radius 1 is 0.800 bits per heavy atom. The van der Waals surface area contributed by atoms with Gasteiger partial charge in [-0.3, -0.25) is 14.7 Å². The van der Waals surface area contributed by atoms with Crippen LogP contribution in [-0.4, -0.2) is 27.9 Å². The zero-order chi connectivity index (χ0) is 20.9. The number of esters is 1.